The predicted octanol–water partition coefficient (Wildman–Crippen LogP) is 2.67. The molecule has 0 radical (unpaired) electrons. The third-order valence-corrected chi connectivity index (χ3v) is 5.67. The van der Waals surface area contributed by atoms with E-state index in [0.717, 1.165) is 12.8 Å². The number of nitrogens with one attached hydrogen (secondary N) is 2. The average Bonchev–Trinajstić information content (AvgIpc) is 3.59. The first-order valence-electron chi connectivity index (χ1n) is 10.6. The van der Waals surface area contributed by atoms with Crippen LogP contribution < -0.4 is 15.5 Å². The van der Waals surface area contributed by atoms with Crippen molar-refractivity contribution in [1.29, 1.82) is 0 Å². The van der Waals surface area contributed by atoms with E-state index in [4.69, 9.17) is 0 Å². The van der Waals surface area contributed by atoms with Crippen molar-refractivity contribution in [1.82, 2.24) is 15.3 Å². The number of benzene rings is 1. The highest BCUT2D eigenvalue weighted by atomic mass is 19.1. The Morgan fingerprint density at radius 2 is 1.97 bits per heavy atom. The Kier molecular flexibility index (Phi) is 6.24. The third kappa shape index (κ3) is 5.25. The highest BCUT2D eigenvalue weighted by molar-refractivity contribution is 5.79. The molecule has 1 saturated heterocycles. The Bertz CT molecular complexity index is 960. The molecular formula is C21H25FN6O3. The summed E-state index contributed by atoms with van der Waals surface area (Å²) in [6.45, 7) is 1.57. The summed E-state index contributed by atoms with van der Waals surface area (Å²) in [5, 5.41) is 17.2. The predicted molar refractivity (Wildman–Crippen MR) is 113 cm³/mol. The van der Waals surface area contributed by atoms with Gasteiger partial charge in [0.25, 0.3) is 0 Å². The van der Waals surface area contributed by atoms with Crippen LogP contribution >= 0.6 is 0 Å². The first kappa shape index (κ1) is 21.0. The molecule has 0 bridgehead atoms. The van der Waals surface area contributed by atoms with Crippen LogP contribution in [0.2, 0.25) is 0 Å². The number of rotatable bonds is 8. The summed E-state index contributed by atoms with van der Waals surface area (Å²) in [7, 11) is 0. The van der Waals surface area contributed by atoms with E-state index in [2.05, 4.69) is 20.6 Å². The number of nitro groups is 1. The van der Waals surface area contributed by atoms with Crippen molar-refractivity contribution in [2.45, 2.75) is 38.1 Å². The number of nitrogens with zero attached hydrogens (tertiary/aromatic N) is 4. The Hall–Kier alpha value is -3.30. The number of aromatic nitrogens is 2. The summed E-state index contributed by atoms with van der Waals surface area (Å²) < 4.78 is 13.7. The molecule has 0 atom stereocenters. The zero-order valence-electron chi connectivity index (χ0n) is 17.1. The maximum Gasteiger partial charge on any atom is 0.329 e. The van der Waals surface area contributed by atoms with E-state index in [0.29, 0.717) is 50.4 Å². The average molecular weight is 428 g/mol. The molecule has 2 heterocycles. The molecule has 9 nitrogen and oxygen atoms in total. The van der Waals surface area contributed by atoms with E-state index in [1.54, 1.807) is 18.2 Å². The van der Waals surface area contributed by atoms with Crippen molar-refractivity contribution in [3.05, 3.63) is 52.0 Å². The molecule has 1 saturated carbocycles. The van der Waals surface area contributed by atoms with E-state index < -0.39 is 4.92 Å². The standard InChI is InChI=1S/C21H25FN6O3/c22-17-4-2-1-3-14(17)7-10-23-20(29)15-8-11-27(12-9-15)21-24-13-18(28(30)31)19(26-21)25-16-5-6-16/h1-4,13,15-16H,5-12H2,(H,23,29)(H,24,25,26). The minimum absolute atomic E-state index is 0.0308. The van der Waals surface area contributed by atoms with E-state index in [1.807, 2.05) is 4.90 Å². The van der Waals surface area contributed by atoms with E-state index >= 15 is 0 Å². The molecule has 2 aliphatic rings. The molecule has 10 heteroatoms. The van der Waals surface area contributed by atoms with Gasteiger partial charge in [-0.2, -0.15) is 4.98 Å². The fourth-order valence-electron chi connectivity index (χ4n) is 3.69. The number of anilines is 2. The molecule has 1 aromatic heterocycles. The van der Waals surface area contributed by atoms with Gasteiger partial charge in [0.05, 0.1) is 4.92 Å². The van der Waals surface area contributed by atoms with Gasteiger partial charge in [0.2, 0.25) is 17.7 Å². The SMILES string of the molecule is O=C(NCCc1ccccc1F)C1CCN(c2ncc([N+](=O)[O-])c(NC3CC3)n2)CC1. The lowest BCUT2D eigenvalue weighted by Crippen LogP contribution is -2.41. The Morgan fingerprint density at radius 1 is 1.23 bits per heavy atom. The quantitative estimate of drug-likeness (QED) is 0.491. The van der Waals surface area contributed by atoms with Gasteiger partial charge in [-0.1, -0.05) is 18.2 Å². The second kappa shape index (κ2) is 9.23. The molecule has 2 fully saturated rings. The van der Waals surface area contributed by atoms with E-state index in [1.165, 1.54) is 12.3 Å². The van der Waals surface area contributed by atoms with Gasteiger partial charge < -0.3 is 15.5 Å². The summed E-state index contributed by atoms with van der Waals surface area (Å²) >= 11 is 0. The molecule has 4 rings (SSSR count). The Balaban J connectivity index is 1.29. The van der Waals surface area contributed by atoms with Gasteiger partial charge in [0.15, 0.2) is 0 Å². The van der Waals surface area contributed by atoms with E-state index in [-0.39, 0.29) is 35.2 Å². The lowest BCUT2D eigenvalue weighted by Gasteiger charge is -2.31. The van der Waals surface area contributed by atoms with Crippen molar-refractivity contribution >= 4 is 23.4 Å². The molecule has 1 aromatic carbocycles. The lowest BCUT2D eigenvalue weighted by molar-refractivity contribution is -0.384. The molecule has 2 aromatic rings. The van der Waals surface area contributed by atoms with Gasteiger partial charge in [-0.05, 0) is 43.7 Å². The number of piperidine rings is 1. The number of carbonyl (C=O) groups is 1. The second-order valence-electron chi connectivity index (χ2n) is 7.97. The van der Waals surface area contributed by atoms with Crippen molar-refractivity contribution in [3.8, 4) is 0 Å². The van der Waals surface area contributed by atoms with Gasteiger partial charge in [0, 0.05) is 31.6 Å². The lowest BCUT2D eigenvalue weighted by atomic mass is 9.96. The van der Waals surface area contributed by atoms with Crippen LogP contribution in [0.5, 0.6) is 0 Å². The minimum atomic E-state index is -0.480. The summed E-state index contributed by atoms with van der Waals surface area (Å²) in [5.41, 5.74) is 0.461. The molecule has 1 amide bonds. The summed E-state index contributed by atoms with van der Waals surface area (Å²) in [6.07, 6.45) is 4.93. The van der Waals surface area contributed by atoms with Gasteiger partial charge in [0.1, 0.15) is 12.0 Å². The Morgan fingerprint density at radius 3 is 2.65 bits per heavy atom. The highest BCUT2D eigenvalue weighted by Gasteiger charge is 2.29. The number of hydrogen-bond acceptors (Lipinski definition) is 7. The van der Waals surface area contributed by atoms with E-state index in [9.17, 15) is 19.3 Å². The second-order valence-corrected chi connectivity index (χ2v) is 7.97. The van der Waals surface area contributed by atoms with Crippen molar-refractivity contribution in [2.24, 2.45) is 5.92 Å². The van der Waals surface area contributed by atoms with Crippen LogP contribution in [0.4, 0.5) is 21.8 Å². The molecule has 1 aliphatic carbocycles. The minimum Gasteiger partial charge on any atom is -0.361 e. The Labute approximate surface area is 179 Å². The fourth-order valence-corrected chi connectivity index (χ4v) is 3.69. The van der Waals surface area contributed by atoms with Crippen LogP contribution in [0.25, 0.3) is 0 Å². The fraction of sp³-hybridized carbons (Fsp3) is 0.476. The summed E-state index contributed by atoms with van der Waals surface area (Å²) in [6, 6.07) is 6.79. The molecule has 164 valence electrons. The normalized spacial score (nSPS) is 16.7. The van der Waals surface area contributed by atoms with Crippen LogP contribution in [0.3, 0.4) is 0 Å². The maximum absolute atomic E-state index is 13.7. The topological polar surface area (TPSA) is 113 Å². The molecule has 0 spiro atoms. The third-order valence-electron chi connectivity index (χ3n) is 5.67. The highest BCUT2D eigenvalue weighted by Crippen LogP contribution is 2.31. The van der Waals surface area contributed by atoms with Crippen LogP contribution in [0, 0.1) is 21.8 Å². The van der Waals surface area contributed by atoms with Crippen LogP contribution in [-0.4, -0.2) is 46.5 Å². The summed E-state index contributed by atoms with van der Waals surface area (Å²) in [5.74, 6) is 0.275. The van der Waals surface area contributed by atoms with Gasteiger partial charge in [-0.15, -0.1) is 0 Å². The zero-order chi connectivity index (χ0) is 21.8. The van der Waals surface area contributed by atoms with Gasteiger partial charge in [-0.25, -0.2) is 9.37 Å². The molecular weight excluding hydrogens is 403 g/mol. The molecule has 31 heavy (non-hydrogen) atoms. The number of halogens is 1. The van der Waals surface area contributed by atoms with Crippen molar-refractivity contribution in [2.75, 3.05) is 29.9 Å². The monoisotopic (exact) mass is 428 g/mol. The van der Waals surface area contributed by atoms with Crippen LogP contribution in [0.1, 0.15) is 31.2 Å². The molecule has 1 aliphatic heterocycles. The smallest absolute Gasteiger partial charge is 0.329 e. The maximum atomic E-state index is 13.7. The summed E-state index contributed by atoms with van der Waals surface area (Å²) in [4.78, 5) is 33.7. The molecule has 2 N–H and O–H groups in total. The number of hydrogen-bond donors (Lipinski definition) is 2. The van der Waals surface area contributed by atoms with Gasteiger partial charge in [-0.3, -0.25) is 14.9 Å². The first-order chi connectivity index (χ1) is 15.0. The van der Waals surface area contributed by atoms with Crippen molar-refractivity contribution < 1.29 is 14.1 Å². The van der Waals surface area contributed by atoms with Crippen LogP contribution in [-0.2, 0) is 11.2 Å². The zero-order valence-corrected chi connectivity index (χ0v) is 17.1. The largest absolute Gasteiger partial charge is 0.361 e. The van der Waals surface area contributed by atoms with Gasteiger partial charge >= 0.3 is 5.69 Å². The molecule has 0 unspecified atom stereocenters. The number of amides is 1. The van der Waals surface area contributed by atoms with Crippen LogP contribution in [0.15, 0.2) is 30.5 Å². The number of carbonyl (C=O) groups excluding carboxylic acids is 1. The van der Waals surface area contributed by atoms with Crippen molar-refractivity contribution in [3.63, 3.8) is 0 Å². The first-order valence-corrected chi connectivity index (χ1v) is 10.6.